The highest BCUT2D eigenvalue weighted by atomic mass is 15.0. The Hall–Kier alpha value is -2.53. The van der Waals surface area contributed by atoms with Crippen molar-refractivity contribution in [2.75, 3.05) is 0 Å². The largest absolute Gasteiger partial charge is 0.340 e. The van der Waals surface area contributed by atoms with Crippen molar-refractivity contribution in [3.63, 3.8) is 0 Å². The second kappa shape index (κ2) is 4.86. The maximum Gasteiger partial charge on any atom is 0.102 e. The molecule has 2 aromatic carbocycles. The van der Waals surface area contributed by atoms with Crippen molar-refractivity contribution in [3.05, 3.63) is 59.7 Å². The fourth-order valence-corrected chi connectivity index (χ4v) is 2.84. The van der Waals surface area contributed by atoms with Gasteiger partial charge in [0.1, 0.15) is 6.07 Å². The first-order valence-corrected chi connectivity index (χ1v) is 6.84. The Labute approximate surface area is 118 Å². The van der Waals surface area contributed by atoms with Crippen molar-refractivity contribution in [2.45, 2.75) is 20.4 Å². The van der Waals surface area contributed by atoms with Crippen LogP contribution in [-0.2, 0) is 6.54 Å². The molecule has 0 amide bonds. The highest BCUT2D eigenvalue weighted by Crippen LogP contribution is 2.33. The lowest BCUT2D eigenvalue weighted by Crippen LogP contribution is -1.97. The van der Waals surface area contributed by atoms with Crippen molar-refractivity contribution >= 4 is 10.9 Å². The summed E-state index contributed by atoms with van der Waals surface area (Å²) in [6.07, 6.45) is 0. The topological polar surface area (TPSA) is 28.7 Å². The van der Waals surface area contributed by atoms with E-state index in [1.54, 1.807) is 0 Å². The lowest BCUT2D eigenvalue weighted by Gasteiger charge is -2.09. The van der Waals surface area contributed by atoms with Gasteiger partial charge in [-0.3, -0.25) is 0 Å². The van der Waals surface area contributed by atoms with E-state index in [0.29, 0.717) is 0 Å². The minimum atomic E-state index is 0.771. The Morgan fingerprint density at radius 1 is 1.10 bits per heavy atom. The molecule has 0 saturated carbocycles. The van der Waals surface area contributed by atoms with Crippen LogP contribution in [0.5, 0.6) is 0 Å². The van der Waals surface area contributed by atoms with Crippen LogP contribution >= 0.6 is 0 Å². The van der Waals surface area contributed by atoms with Gasteiger partial charge in [0.25, 0.3) is 0 Å². The number of nitrogens with zero attached hydrogens (tertiary/aromatic N) is 2. The first kappa shape index (κ1) is 12.5. The number of rotatable bonds is 2. The monoisotopic (exact) mass is 260 g/mol. The summed E-state index contributed by atoms with van der Waals surface area (Å²) in [6.45, 7) is 5.05. The molecule has 2 nitrogen and oxygen atoms in total. The van der Waals surface area contributed by atoms with Gasteiger partial charge in [-0.1, -0.05) is 42.0 Å². The summed E-state index contributed by atoms with van der Waals surface area (Å²) in [7, 11) is 0. The second-order valence-corrected chi connectivity index (χ2v) is 4.97. The summed E-state index contributed by atoms with van der Waals surface area (Å²) < 4.78 is 2.22. The van der Waals surface area contributed by atoms with Crippen molar-refractivity contribution in [2.24, 2.45) is 0 Å². The highest BCUT2D eigenvalue weighted by molar-refractivity contribution is 5.94. The zero-order valence-corrected chi connectivity index (χ0v) is 11.7. The fourth-order valence-electron chi connectivity index (χ4n) is 2.84. The van der Waals surface area contributed by atoms with Gasteiger partial charge in [-0.2, -0.15) is 5.26 Å². The quantitative estimate of drug-likeness (QED) is 0.666. The predicted octanol–water partition coefficient (Wildman–Crippen LogP) is 4.51. The van der Waals surface area contributed by atoms with E-state index >= 15 is 0 Å². The van der Waals surface area contributed by atoms with Crippen LogP contribution < -0.4 is 0 Å². The average molecular weight is 260 g/mol. The molecule has 2 heteroatoms. The number of fused-ring (bicyclic) bond motifs is 1. The molecule has 0 unspecified atom stereocenters. The van der Waals surface area contributed by atoms with Gasteiger partial charge in [-0.15, -0.1) is 0 Å². The zero-order chi connectivity index (χ0) is 14.1. The normalized spacial score (nSPS) is 10.7. The number of hydrogen-bond donors (Lipinski definition) is 0. The van der Waals surface area contributed by atoms with Crippen LogP contribution in [0.2, 0.25) is 0 Å². The number of aryl methyl sites for hydroxylation is 2. The van der Waals surface area contributed by atoms with E-state index in [-0.39, 0.29) is 0 Å². The molecule has 0 N–H and O–H groups in total. The summed E-state index contributed by atoms with van der Waals surface area (Å²) in [5, 5.41) is 10.6. The molecule has 0 aliphatic rings. The predicted molar refractivity (Wildman–Crippen MR) is 82.5 cm³/mol. The van der Waals surface area contributed by atoms with Gasteiger partial charge in [0.2, 0.25) is 0 Å². The van der Waals surface area contributed by atoms with Gasteiger partial charge in [0.05, 0.1) is 11.3 Å². The van der Waals surface area contributed by atoms with E-state index in [9.17, 15) is 5.26 Å². The zero-order valence-electron chi connectivity index (χ0n) is 11.7. The molecule has 1 aromatic heterocycles. The van der Waals surface area contributed by atoms with E-state index in [1.165, 1.54) is 5.56 Å². The standard InChI is InChI=1S/C18H16N2/c1-3-20-17-10-5-4-9-15(17)16(12-19)18(20)14-8-6-7-13(2)11-14/h4-11H,3H2,1-2H3. The van der Waals surface area contributed by atoms with Crippen LogP contribution in [0, 0.1) is 18.3 Å². The van der Waals surface area contributed by atoms with E-state index < -0.39 is 0 Å². The van der Waals surface area contributed by atoms with Crippen molar-refractivity contribution < 1.29 is 0 Å². The molecule has 98 valence electrons. The van der Waals surface area contributed by atoms with E-state index in [1.807, 2.05) is 24.3 Å². The van der Waals surface area contributed by atoms with Crippen LogP contribution in [0.1, 0.15) is 18.1 Å². The summed E-state index contributed by atoms with van der Waals surface area (Å²) in [4.78, 5) is 0. The molecule has 3 rings (SSSR count). The molecule has 0 radical (unpaired) electrons. The Morgan fingerprint density at radius 2 is 1.90 bits per heavy atom. The van der Waals surface area contributed by atoms with Crippen LogP contribution in [0.25, 0.3) is 22.2 Å². The lowest BCUT2D eigenvalue weighted by atomic mass is 10.0. The van der Waals surface area contributed by atoms with E-state index in [4.69, 9.17) is 0 Å². The Bertz CT molecular complexity index is 819. The molecule has 0 fully saturated rings. The number of aromatic nitrogens is 1. The highest BCUT2D eigenvalue weighted by Gasteiger charge is 2.17. The van der Waals surface area contributed by atoms with Gasteiger partial charge >= 0.3 is 0 Å². The van der Waals surface area contributed by atoms with Gasteiger partial charge in [0.15, 0.2) is 0 Å². The Balaban J connectivity index is 2.43. The summed E-state index contributed by atoms with van der Waals surface area (Å²) >= 11 is 0. The molecule has 20 heavy (non-hydrogen) atoms. The Kier molecular flexibility index (Phi) is 3.04. The van der Waals surface area contributed by atoms with E-state index in [2.05, 4.69) is 48.7 Å². The molecule has 0 atom stereocenters. The first-order valence-electron chi connectivity index (χ1n) is 6.84. The van der Waals surface area contributed by atoms with E-state index in [0.717, 1.165) is 34.3 Å². The molecule has 3 aromatic rings. The SMILES string of the molecule is CCn1c(-c2cccc(C)c2)c(C#N)c2ccccc21. The summed E-state index contributed by atoms with van der Waals surface area (Å²) in [5.41, 5.74) is 5.25. The second-order valence-electron chi connectivity index (χ2n) is 4.97. The summed E-state index contributed by atoms with van der Waals surface area (Å²) in [5.74, 6) is 0. The molecule has 0 spiro atoms. The van der Waals surface area contributed by atoms with Gasteiger partial charge < -0.3 is 4.57 Å². The minimum Gasteiger partial charge on any atom is -0.340 e. The smallest absolute Gasteiger partial charge is 0.102 e. The number of para-hydroxylation sites is 1. The molecule has 1 heterocycles. The van der Waals surface area contributed by atoms with Gasteiger partial charge in [-0.25, -0.2) is 0 Å². The van der Waals surface area contributed by atoms with Crippen LogP contribution in [0.15, 0.2) is 48.5 Å². The molecular formula is C18H16N2. The molecule has 0 saturated heterocycles. The molecular weight excluding hydrogens is 244 g/mol. The number of hydrogen-bond acceptors (Lipinski definition) is 1. The third-order valence-corrected chi connectivity index (χ3v) is 3.69. The maximum absolute atomic E-state index is 9.59. The van der Waals surface area contributed by atoms with Crippen molar-refractivity contribution in [1.82, 2.24) is 4.57 Å². The maximum atomic E-state index is 9.59. The lowest BCUT2D eigenvalue weighted by molar-refractivity contribution is 0.804. The third kappa shape index (κ3) is 1.80. The molecule has 0 bridgehead atoms. The third-order valence-electron chi connectivity index (χ3n) is 3.69. The summed E-state index contributed by atoms with van der Waals surface area (Å²) in [6, 6.07) is 18.9. The van der Waals surface area contributed by atoms with Crippen LogP contribution in [0.3, 0.4) is 0 Å². The van der Waals surface area contributed by atoms with Crippen molar-refractivity contribution in [1.29, 1.82) is 5.26 Å². The van der Waals surface area contributed by atoms with Crippen LogP contribution in [-0.4, -0.2) is 4.57 Å². The van der Waals surface area contributed by atoms with Gasteiger partial charge in [0, 0.05) is 17.4 Å². The van der Waals surface area contributed by atoms with Crippen molar-refractivity contribution in [3.8, 4) is 17.3 Å². The number of benzene rings is 2. The minimum absolute atomic E-state index is 0.771. The fraction of sp³-hybridized carbons (Fsp3) is 0.167. The number of nitriles is 1. The molecule has 0 aliphatic carbocycles. The first-order chi connectivity index (χ1) is 9.76. The Morgan fingerprint density at radius 3 is 2.60 bits per heavy atom. The average Bonchev–Trinajstić information content (AvgIpc) is 2.80. The van der Waals surface area contributed by atoms with Gasteiger partial charge in [-0.05, 0) is 31.5 Å². The van der Waals surface area contributed by atoms with Crippen LogP contribution in [0.4, 0.5) is 0 Å². The molecule has 0 aliphatic heterocycles.